The van der Waals surface area contributed by atoms with Crippen LogP contribution in [-0.4, -0.2) is 25.4 Å². The average Bonchev–Trinajstić information content (AvgIpc) is 2.73. The standard InChI is InChI=1S/C12H16N2O2/c1-14-8-7-12(13-14)16-9-10-3-5-11(15-2)6-4-10/h3-8,12-13H,9H2,1-2H3. The van der Waals surface area contributed by atoms with Crippen molar-refractivity contribution in [2.75, 3.05) is 14.2 Å². The minimum Gasteiger partial charge on any atom is -0.497 e. The molecule has 0 radical (unpaired) electrons. The lowest BCUT2D eigenvalue weighted by Gasteiger charge is -2.15. The number of rotatable bonds is 4. The molecule has 1 N–H and O–H groups in total. The average molecular weight is 220 g/mol. The van der Waals surface area contributed by atoms with Gasteiger partial charge in [-0.2, -0.15) is 0 Å². The Kier molecular flexibility index (Phi) is 3.44. The lowest BCUT2D eigenvalue weighted by Crippen LogP contribution is -2.33. The quantitative estimate of drug-likeness (QED) is 0.833. The lowest BCUT2D eigenvalue weighted by atomic mass is 10.2. The van der Waals surface area contributed by atoms with Gasteiger partial charge in [0.1, 0.15) is 12.0 Å². The van der Waals surface area contributed by atoms with Crippen LogP contribution in [0.4, 0.5) is 0 Å². The molecule has 0 aromatic heterocycles. The summed E-state index contributed by atoms with van der Waals surface area (Å²) in [6.45, 7) is 0.583. The van der Waals surface area contributed by atoms with Crippen LogP contribution < -0.4 is 10.2 Å². The molecule has 1 aromatic carbocycles. The molecule has 0 saturated heterocycles. The fourth-order valence-electron chi connectivity index (χ4n) is 1.49. The number of methoxy groups -OCH3 is 1. The van der Waals surface area contributed by atoms with Crippen molar-refractivity contribution in [2.24, 2.45) is 0 Å². The van der Waals surface area contributed by atoms with Gasteiger partial charge in [0.15, 0.2) is 0 Å². The Labute approximate surface area is 95.4 Å². The van der Waals surface area contributed by atoms with E-state index in [0.29, 0.717) is 6.61 Å². The Morgan fingerprint density at radius 3 is 2.62 bits per heavy atom. The third kappa shape index (κ3) is 2.74. The van der Waals surface area contributed by atoms with Crippen LogP contribution in [0.1, 0.15) is 5.56 Å². The summed E-state index contributed by atoms with van der Waals surface area (Å²) in [6.07, 6.45) is 3.88. The number of hydrogen-bond donors (Lipinski definition) is 1. The van der Waals surface area contributed by atoms with Gasteiger partial charge < -0.3 is 14.5 Å². The maximum atomic E-state index is 5.65. The highest BCUT2D eigenvalue weighted by molar-refractivity contribution is 5.26. The first-order valence-corrected chi connectivity index (χ1v) is 5.20. The lowest BCUT2D eigenvalue weighted by molar-refractivity contribution is 0.0279. The predicted octanol–water partition coefficient (Wildman–Crippen LogP) is 1.50. The molecule has 1 aromatic rings. The molecular formula is C12H16N2O2. The largest absolute Gasteiger partial charge is 0.497 e. The Balaban J connectivity index is 1.83. The Morgan fingerprint density at radius 1 is 1.31 bits per heavy atom. The monoisotopic (exact) mass is 220 g/mol. The van der Waals surface area contributed by atoms with Crippen molar-refractivity contribution < 1.29 is 9.47 Å². The van der Waals surface area contributed by atoms with Crippen molar-refractivity contribution >= 4 is 0 Å². The number of hydrogen-bond acceptors (Lipinski definition) is 4. The van der Waals surface area contributed by atoms with E-state index in [4.69, 9.17) is 9.47 Å². The first-order valence-electron chi connectivity index (χ1n) is 5.20. The van der Waals surface area contributed by atoms with Crippen molar-refractivity contribution in [1.29, 1.82) is 0 Å². The molecule has 0 amide bonds. The summed E-state index contributed by atoms with van der Waals surface area (Å²) in [6, 6.07) is 7.87. The number of nitrogens with one attached hydrogen (secondary N) is 1. The second kappa shape index (κ2) is 5.01. The molecule has 4 nitrogen and oxygen atoms in total. The minimum absolute atomic E-state index is 0.0351. The first-order chi connectivity index (χ1) is 7.78. The van der Waals surface area contributed by atoms with E-state index in [1.807, 2.05) is 48.6 Å². The van der Waals surface area contributed by atoms with Gasteiger partial charge in [0.2, 0.25) is 0 Å². The molecule has 0 aliphatic carbocycles. The number of nitrogens with zero attached hydrogens (tertiary/aromatic N) is 1. The summed E-state index contributed by atoms with van der Waals surface area (Å²) >= 11 is 0. The van der Waals surface area contributed by atoms with E-state index in [1.54, 1.807) is 7.11 Å². The van der Waals surface area contributed by atoms with Gasteiger partial charge in [-0.1, -0.05) is 12.1 Å². The van der Waals surface area contributed by atoms with Crippen LogP contribution in [0, 0.1) is 0 Å². The van der Waals surface area contributed by atoms with Gasteiger partial charge >= 0.3 is 0 Å². The van der Waals surface area contributed by atoms with E-state index < -0.39 is 0 Å². The molecule has 4 heteroatoms. The van der Waals surface area contributed by atoms with Gasteiger partial charge in [0.25, 0.3) is 0 Å². The van der Waals surface area contributed by atoms with Crippen LogP contribution in [0.5, 0.6) is 5.75 Å². The fraction of sp³-hybridized carbons (Fsp3) is 0.333. The van der Waals surface area contributed by atoms with Crippen molar-refractivity contribution in [3.05, 3.63) is 42.1 Å². The highest BCUT2D eigenvalue weighted by atomic mass is 16.5. The summed E-state index contributed by atoms with van der Waals surface area (Å²) < 4.78 is 10.7. The van der Waals surface area contributed by atoms with Crippen molar-refractivity contribution in [3.63, 3.8) is 0 Å². The third-order valence-electron chi connectivity index (χ3n) is 2.40. The topological polar surface area (TPSA) is 33.7 Å². The Bertz CT molecular complexity index is 362. The molecule has 1 atom stereocenters. The minimum atomic E-state index is -0.0351. The van der Waals surface area contributed by atoms with E-state index in [-0.39, 0.29) is 6.23 Å². The predicted molar refractivity (Wildman–Crippen MR) is 61.6 cm³/mol. The second-order valence-corrected chi connectivity index (χ2v) is 3.66. The molecule has 1 heterocycles. The van der Waals surface area contributed by atoms with Crippen LogP contribution in [0.3, 0.4) is 0 Å². The number of benzene rings is 1. The normalized spacial score (nSPS) is 19.1. The zero-order valence-electron chi connectivity index (χ0n) is 9.51. The zero-order chi connectivity index (χ0) is 11.4. The summed E-state index contributed by atoms with van der Waals surface area (Å²) in [7, 11) is 3.60. The Hall–Kier alpha value is -1.52. The van der Waals surface area contributed by atoms with Gasteiger partial charge in [-0.15, -0.1) is 0 Å². The molecule has 0 saturated carbocycles. The number of ether oxygens (including phenoxy) is 2. The second-order valence-electron chi connectivity index (χ2n) is 3.66. The van der Waals surface area contributed by atoms with Gasteiger partial charge in [0, 0.05) is 13.2 Å². The Morgan fingerprint density at radius 2 is 2.06 bits per heavy atom. The van der Waals surface area contributed by atoms with E-state index in [1.165, 1.54) is 0 Å². The van der Waals surface area contributed by atoms with E-state index in [9.17, 15) is 0 Å². The van der Waals surface area contributed by atoms with Gasteiger partial charge in [-0.05, 0) is 23.8 Å². The molecule has 16 heavy (non-hydrogen) atoms. The smallest absolute Gasteiger partial charge is 0.145 e. The maximum Gasteiger partial charge on any atom is 0.145 e. The molecule has 0 bridgehead atoms. The van der Waals surface area contributed by atoms with Crippen LogP contribution in [-0.2, 0) is 11.3 Å². The van der Waals surface area contributed by atoms with Gasteiger partial charge in [0.05, 0.1) is 13.7 Å². The summed E-state index contributed by atoms with van der Waals surface area (Å²) in [4.78, 5) is 0. The molecule has 0 fully saturated rings. The summed E-state index contributed by atoms with van der Waals surface area (Å²) in [5, 5.41) is 1.87. The SMILES string of the molecule is COc1ccc(COC2C=CN(C)N2)cc1. The molecule has 86 valence electrons. The zero-order valence-corrected chi connectivity index (χ0v) is 9.51. The molecule has 1 aliphatic rings. The maximum absolute atomic E-state index is 5.65. The van der Waals surface area contributed by atoms with Crippen molar-refractivity contribution in [1.82, 2.24) is 10.4 Å². The molecule has 1 aliphatic heterocycles. The third-order valence-corrected chi connectivity index (χ3v) is 2.40. The van der Waals surface area contributed by atoms with E-state index in [2.05, 4.69) is 5.43 Å². The molecule has 0 spiro atoms. The summed E-state index contributed by atoms with van der Waals surface area (Å²) in [5.41, 5.74) is 4.25. The van der Waals surface area contributed by atoms with Gasteiger partial charge in [-0.25, -0.2) is 5.43 Å². The highest BCUT2D eigenvalue weighted by Crippen LogP contribution is 2.13. The van der Waals surface area contributed by atoms with Crippen molar-refractivity contribution in [2.45, 2.75) is 12.8 Å². The van der Waals surface area contributed by atoms with E-state index in [0.717, 1.165) is 11.3 Å². The van der Waals surface area contributed by atoms with Crippen LogP contribution in [0.2, 0.25) is 0 Å². The molecular weight excluding hydrogens is 204 g/mol. The molecule has 2 rings (SSSR count). The van der Waals surface area contributed by atoms with E-state index >= 15 is 0 Å². The molecule has 1 unspecified atom stereocenters. The van der Waals surface area contributed by atoms with Gasteiger partial charge in [-0.3, -0.25) is 0 Å². The highest BCUT2D eigenvalue weighted by Gasteiger charge is 2.11. The first kappa shape index (κ1) is 11.0. The van der Waals surface area contributed by atoms with Crippen LogP contribution >= 0.6 is 0 Å². The summed E-state index contributed by atoms with van der Waals surface area (Å²) in [5.74, 6) is 0.863. The van der Waals surface area contributed by atoms with Crippen LogP contribution in [0.15, 0.2) is 36.5 Å². The van der Waals surface area contributed by atoms with Crippen LogP contribution in [0.25, 0.3) is 0 Å². The number of hydrazine groups is 1. The fourth-order valence-corrected chi connectivity index (χ4v) is 1.49. The van der Waals surface area contributed by atoms with Crippen molar-refractivity contribution in [3.8, 4) is 5.75 Å².